The lowest BCUT2D eigenvalue weighted by atomic mass is 9.68. The van der Waals surface area contributed by atoms with Crippen LogP contribution in [0.2, 0.25) is 0 Å². The van der Waals surface area contributed by atoms with Crippen molar-refractivity contribution in [1.29, 1.82) is 0 Å². The van der Waals surface area contributed by atoms with Crippen molar-refractivity contribution in [2.45, 2.75) is 82.0 Å². The zero-order chi connectivity index (χ0) is 16.6. The van der Waals surface area contributed by atoms with Crippen molar-refractivity contribution < 1.29 is 14.3 Å². The molecule has 132 valence electrons. The zero-order valence-corrected chi connectivity index (χ0v) is 15.4. The molecule has 5 nitrogen and oxygen atoms in total. The standard InChI is InChI=1S/C17H30N2O3S/c1-10-12(7-9-23-10)18-14-13(11-6-5-8-21-15(11)14)19-16(20)22-17(2,3)4/h10-15,18H,5-9H2,1-4H3,(H,19,20). The number of fused-ring (bicyclic) bond motifs is 1. The highest BCUT2D eigenvalue weighted by molar-refractivity contribution is 8.00. The van der Waals surface area contributed by atoms with E-state index in [4.69, 9.17) is 9.47 Å². The summed E-state index contributed by atoms with van der Waals surface area (Å²) in [6, 6.07) is 0.839. The summed E-state index contributed by atoms with van der Waals surface area (Å²) in [5.41, 5.74) is -0.462. The van der Waals surface area contributed by atoms with E-state index in [9.17, 15) is 4.79 Å². The molecule has 3 aliphatic rings. The molecule has 2 heterocycles. The maximum atomic E-state index is 12.2. The number of thioether (sulfide) groups is 1. The van der Waals surface area contributed by atoms with Crippen LogP contribution in [0.15, 0.2) is 0 Å². The summed E-state index contributed by atoms with van der Waals surface area (Å²) in [6.07, 6.45) is 3.32. The third kappa shape index (κ3) is 3.97. The number of nitrogens with one attached hydrogen (secondary N) is 2. The maximum absolute atomic E-state index is 12.2. The molecule has 0 aromatic rings. The first-order valence-corrected chi connectivity index (χ1v) is 9.89. The molecule has 6 atom stereocenters. The molecular weight excluding hydrogens is 312 g/mol. The van der Waals surface area contributed by atoms with Gasteiger partial charge in [0, 0.05) is 23.8 Å². The van der Waals surface area contributed by atoms with E-state index in [-0.39, 0.29) is 24.3 Å². The molecule has 0 aromatic carbocycles. The number of hydrogen-bond acceptors (Lipinski definition) is 5. The molecule has 23 heavy (non-hydrogen) atoms. The van der Waals surface area contributed by atoms with E-state index in [1.807, 2.05) is 32.5 Å². The summed E-state index contributed by atoms with van der Waals surface area (Å²) >= 11 is 2.02. The van der Waals surface area contributed by atoms with Gasteiger partial charge >= 0.3 is 6.09 Å². The van der Waals surface area contributed by atoms with Crippen molar-refractivity contribution >= 4 is 17.9 Å². The first-order chi connectivity index (χ1) is 10.8. The van der Waals surface area contributed by atoms with Crippen LogP contribution in [0.5, 0.6) is 0 Å². The molecule has 2 N–H and O–H groups in total. The number of ether oxygens (including phenoxy) is 2. The van der Waals surface area contributed by atoms with Gasteiger partial charge in [-0.1, -0.05) is 6.92 Å². The van der Waals surface area contributed by atoms with Gasteiger partial charge in [-0.3, -0.25) is 0 Å². The fourth-order valence-electron chi connectivity index (χ4n) is 3.94. The van der Waals surface area contributed by atoms with Gasteiger partial charge in [-0.2, -0.15) is 11.8 Å². The van der Waals surface area contributed by atoms with Crippen LogP contribution in [-0.4, -0.2) is 53.5 Å². The van der Waals surface area contributed by atoms with E-state index in [2.05, 4.69) is 17.6 Å². The largest absolute Gasteiger partial charge is 0.444 e. The van der Waals surface area contributed by atoms with E-state index in [1.54, 1.807) is 0 Å². The normalized spacial score (nSPS) is 40.2. The van der Waals surface area contributed by atoms with Gasteiger partial charge < -0.3 is 20.1 Å². The zero-order valence-electron chi connectivity index (χ0n) is 14.6. The molecule has 1 aliphatic carbocycles. The molecule has 2 saturated heterocycles. The molecule has 6 unspecified atom stereocenters. The SMILES string of the molecule is CC1SCCC1NC1C(NC(=O)OC(C)(C)C)C2CCCOC21. The Bertz CT molecular complexity index is 440. The molecule has 1 amide bonds. The van der Waals surface area contributed by atoms with Gasteiger partial charge in [-0.15, -0.1) is 0 Å². The number of rotatable bonds is 3. The molecule has 0 radical (unpaired) electrons. The van der Waals surface area contributed by atoms with Crippen LogP contribution in [0.4, 0.5) is 4.79 Å². The summed E-state index contributed by atoms with van der Waals surface area (Å²) in [6.45, 7) is 8.81. The second kappa shape index (κ2) is 6.81. The van der Waals surface area contributed by atoms with Crippen LogP contribution in [-0.2, 0) is 9.47 Å². The molecule has 0 aromatic heterocycles. The summed E-state index contributed by atoms with van der Waals surface area (Å²) in [7, 11) is 0. The van der Waals surface area contributed by atoms with Crippen LogP contribution < -0.4 is 10.6 Å². The Morgan fingerprint density at radius 3 is 2.70 bits per heavy atom. The highest BCUT2D eigenvalue weighted by Crippen LogP contribution is 2.40. The predicted molar refractivity (Wildman–Crippen MR) is 92.9 cm³/mol. The van der Waals surface area contributed by atoms with Crippen LogP contribution in [0.1, 0.15) is 47.0 Å². The molecular formula is C17H30N2O3S. The van der Waals surface area contributed by atoms with E-state index in [0.29, 0.717) is 17.2 Å². The highest BCUT2D eigenvalue weighted by atomic mass is 32.2. The molecule has 2 aliphatic heterocycles. The highest BCUT2D eigenvalue weighted by Gasteiger charge is 2.54. The van der Waals surface area contributed by atoms with Gasteiger partial charge in [0.05, 0.1) is 18.2 Å². The Labute approximate surface area is 143 Å². The van der Waals surface area contributed by atoms with Crippen molar-refractivity contribution in [1.82, 2.24) is 10.6 Å². The van der Waals surface area contributed by atoms with Gasteiger partial charge in [-0.05, 0) is 45.8 Å². The first-order valence-electron chi connectivity index (χ1n) is 8.84. The first kappa shape index (κ1) is 17.4. The second-order valence-corrected chi connectivity index (χ2v) is 9.46. The minimum absolute atomic E-state index is 0.118. The predicted octanol–water partition coefficient (Wildman–Crippen LogP) is 2.54. The summed E-state index contributed by atoms with van der Waals surface area (Å²) < 4.78 is 11.4. The van der Waals surface area contributed by atoms with Crippen molar-refractivity contribution in [3.8, 4) is 0 Å². The van der Waals surface area contributed by atoms with E-state index in [1.165, 1.54) is 12.2 Å². The lowest BCUT2D eigenvalue weighted by Crippen LogP contribution is -2.74. The number of carbonyl (C=O) groups is 1. The Morgan fingerprint density at radius 1 is 1.26 bits per heavy atom. The van der Waals surface area contributed by atoms with Gasteiger partial charge in [0.2, 0.25) is 0 Å². The minimum Gasteiger partial charge on any atom is -0.444 e. The van der Waals surface area contributed by atoms with Gasteiger partial charge in [0.25, 0.3) is 0 Å². The quantitative estimate of drug-likeness (QED) is 0.825. The summed E-state index contributed by atoms with van der Waals surface area (Å²) in [5.74, 6) is 1.63. The van der Waals surface area contributed by atoms with Crippen molar-refractivity contribution in [2.24, 2.45) is 5.92 Å². The van der Waals surface area contributed by atoms with E-state index in [0.717, 1.165) is 19.4 Å². The molecule has 0 bridgehead atoms. The average Bonchev–Trinajstić information content (AvgIpc) is 2.86. The molecule has 6 heteroatoms. The third-order valence-corrected chi connectivity index (χ3v) is 6.41. The smallest absolute Gasteiger partial charge is 0.407 e. The van der Waals surface area contributed by atoms with Crippen molar-refractivity contribution in [2.75, 3.05) is 12.4 Å². The van der Waals surface area contributed by atoms with Crippen LogP contribution in [0.25, 0.3) is 0 Å². The molecule has 3 fully saturated rings. The molecule has 1 saturated carbocycles. The third-order valence-electron chi connectivity index (χ3n) is 5.08. The van der Waals surface area contributed by atoms with Gasteiger partial charge in [0.15, 0.2) is 0 Å². The fourth-order valence-corrected chi connectivity index (χ4v) is 5.15. The van der Waals surface area contributed by atoms with E-state index < -0.39 is 5.60 Å². The Hall–Kier alpha value is -0.460. The topological polar surface area (TPSA) is 59.6 Å². The Morgan fingerprint density at radius 2 is 2.04 bits per heavy atom. The maximum Gasteiger partial charge on any atom is 0.407 e. The fraction of sp³-hybridized carbons (Fsp3) is 0.941. The minimum atomic E-state index is -0.462. The van der Waals surface area contributed by atoms with Gasteiger partial charge in [-0.25, -0.2) is 4.79 Å². The lowest BCUT2D eigenvalue weighted by molar-refractivity contribution is -0.130. The Balaban J connectivity index is 1.62. The lowest BCUT2D eigenvalue weighted by Gasteiger charge is -2.55. The van der Waals surface area contributed by atoms with Crippen molar-refractivity contribution in [3.63, 3.8) is 0 Å². The monoisotopic (exact) mass is 342 g/mol. The number of carbonyl (C=O) groups excluding carboxylic acids is 1. The number of hydrogen-bond donors (Lipinski definition) is 2. The number of amides is 1. The summed E-state index contributed by atoms with van der Waals surface area (Å²) in [5, 5.41) is 7.49. The van der Waals surface area contributed by atoms with E-state index >= 15 is 0 Å². The van der Waals surface area contributed by atoms with Gasteiger partial charge in [0.1, 0.15) is 5.60 Å². The second-order valence-electron chi connectivity index (χ2n) is 7.98. The van der Waals surface area contributed by atoms with Crippen LogP contribution >= 0.6 is 11.8 Å². The average molecular weight is 343 g/mol. The van der Waals surface area contributed by atoms with Crippen LogP contribution in [0.3, 0.4) is 0 Å². The number of alkyl carbamates (subject to hydrolysis) is 1. The Kier molecular flexibility index (Phi) is 5.14. The van der Waals surface area contributed by atoms with Crippen LogP contribution in [0, 0.1) is 5.92 Å². The summed E-state index contributed by atoms with van der Waals surface area (Å²) in [4.78, 5) is 12.2. The molecule has 3 rings (SSSR count). The van der Waals surface area contributed by atoms with Crippen molar-refractivity contribution in [3.05, 3.63) is 0 Å². The molecule has 0 spiro atoms.